The predicted octanol–water partition coefficient (Wildman–Crippen LogP) is 4.12. The molecule has 0 amide bonds. The second-order valence-corrected chi connectivity index (χ2v) is 5.27. The first-order valence-electron chi connectivity index (χ1n) is 6.45. The quantitative estimate of drug-likeness (QED) is 0.797. The van der Waals surface area contributed by atoms with Crippen LogP contribution < -0.4 is 5.32 Å². The van der Waals surface area contributed by atoms with Crippen LogP contribution in [-0.2, 0) is 12.7 Å². The normalized spacial score (nSPS) is 17.5. The Labute approximate surface area is 110 Å². The summed E-state index contributed by atoms with van der Waals surface area (Å²) in [6.45, 7) is 2.35. The molecule has 19 heavy (non-hydrogen) atoms. The highest BCUT2D eigenvalue weighted by Gasteiger charge is 2.34. The average molecular weight is 275 g/mol. The van der Waals surface area contributed by atoms with Gasteiger partial charge in [-0.2, -0.15) is 13.2 Å². The van der Waals surface area contributed by atoms with Gasteiger partial charge in [0, 0.05) is 12.6 Å². The molecule has 0 radical (unpaired) electrons. The summed E-state index contributed by atoms with van der Waals surface area (Å²) in [6.07, 6.45) is -1.09. The summed E-state index contributed by atoms with van der Waals surface area (Å²) in [7, 11) is 0. The number of rotatable bonds is 5. The Bertz CT molecular complexity index is 438. The number of halogens is 4. The molecule has 1 atom stereocenters. The van der Waals surface area contributed by atoms with Crippen LogP contribution in [0.3, 0.4) is 0 Å². The van der Waals surface area contributed by atoms with E-state index in [-0.39, 0.29) is 6.04 Å². The fraction of sp³-hybridized carbons (Fsp3) is 0.571. The maximum Gasteiger partial charge on any atom is 0.419 e. The lowest BCUT2D eigenvalue weighted by atomic mass is 10.1. The van der Waals surface area contributed by atoms with Crippen LogP contribution in [0.25, 0.3) is 0 Å². The van der Waals surface area contributed by atoms with E-state index in [1.807, 2.05) is 6.92 Å². The van der Waals surface area contributed by atoms with Crippen LogP contribution in [0.5, 0.6) is 0 Å². The third kappa shape index (κ3) is 4.20. The van der Waals surface area contributed by atoms with E-state index in [0.29, 0.717) is 12.1 Å². The molecule has 106 valence electrons. The summed E-state index contributed by atoms with van der Waals surface area (Å²) in [6, 6.07) is 3.42. The van der Waals surface area contributed by atoms with Gasteiger partial charge < -0.3 is 5.32 Å². The van der Waals surface area contributed by atoms with Crippen LogP contribution in [0.1, 0.15) is 37.3 Å². The maximum atomic E-state index is 13.1. The standard InChI is InChI=1S/C14H17F4N/c1-9(6-10-2-3-10)19-8-11-4-5-13(15)12(7-11)14(16,17)18/h4-5,7,9-10,19H,2-3,6,8H2,1H3. The highest BCUT2D eigenvalue weighted by Crippen LogP contribution is 2.34. The first kappa shape index (κ1) is 14.3. The van der Waals surface area contributed by atoms with E-state index in [2.05, 4.69) is 5.32 Å². The molecule has 0 heterocycles. The minimum atomic E-state index is -4.64. The molecule has 0 aliphatic heterocycles. The zero-order valence-electron chi connectivity index (χ0n) is 10.7. The molecule has 0 aromatic heterocycles. The summed E-state index contributed by atoms with van der Waals surface area (Å²) < 4.78 is 50.7. The SMILES string of the molecule is CC(CC1CC1)NCc1ccc(F)c(C(F)(F)F)c1. The summed E-state index contributed by atoms with van der Waals surface area (Å²) in [4.78, 5) is 0. The summed E-state index contributed by atoms with van der Waals surface area (Å²) in [5, 5.41) is 3.18. The zero-order chi connectivity index (χ0) is 14.0. The molecule has 1 aromatic rings. The van der Waals surface area contributed by atoms with Crippen molar-refractivity contribution in [2.45, 2.75) is 44.9 Å². The van der Waals surface area contributed by atoms with Crippen molar-refractivity contribution in [3.63, 3.8) is 0 Å². The lowest BCUT2D eigenvalue weighted by Crippen LogP contribution is -2.26. The van der Waals surface area contributed by atoms with Crippen LogP contribution >= 0.6 is 0 Å². The fourth-order valence-electron chi connectivity index (χ4n) is 2.13. The van der Waals surface area contributed by atoms with E-state index in [4.69, 9.17) is 0 Å². The van der Waals surface area contributed by atoms with Crippen molar-refractivity contribution in [2.24, 2.45) is 5.92 Å². The van der Waals surface area contributed by atoms with Gasteiger partial charge in [-0.05, 0) is 37.0 Å². The minimum absolute atomic E-state index is 0.270. The Balaban J connectivity index is 1.96. The largest absolute Gasteiger partial charge is 0.419 e. The van der Waals surface area contributed by atoms with Crippen molar-refractivity contribution in [2.75, 3.05) is 0 Å². The monoisotopic (exact) mass is 275 g/mol. The number of hydrogen-bond acceptors (Lipinski definition) is 1. The van der Waals surface area contributed by atoms with Crippen molar-refractivity contribution in [1.29, 1.82) is 0 Å². The molecule has 0 spiro atoms. The topological polar surface area (TPSA) is 12.0 Å². The molecule has 0 bridgehead atoms. The van der Waals surface area contributed by atoms with Crippen molar-refractivity contribution in [3.8, 4) is 0 Å². The molecule has 1 fully saturated rings. The Hall–Kier alpha value is -1.10. The number of alkyl halides is 3. The first-order valence-corrected chi connectivity index (χ1v) is 6.45. The van der Waals surface area contributed by atoms with E-state index in [0.717, 1.165) is 24.5 Å². The molecule has 1 aromatic carbocycles. The molecule has 1 saturated carbocycles. The van der Waals surface area contributed by atoms with Crippen molar-refractivity contribution < 1.29 is 17.6 Å². The molecular formula is C14H17F4N. The van der Waals surface area contributed by atoms with Gasteiger partial charge in [0.2, 0.25) is 0 Å². The first-order chi connectivity index (χ1) is 8.86. The number of benzene rings is 1. The Kier molecular flexibility index (Phi) is 4.13. The van der Waals surface area contributed by atoms with Gasteiger partial charge in [-0.15, -0.1) is 0 Å². The molecular weight excluding hydrogens is 258 g/mol. The molecule has 5 heteroatoms. The molecule has 2 rings (SSSR count). The second kappa shape index (κ2) is 5.49. The Morgan fingerprint density at radius 3 is 2.58 bits per heavy atom. The van der Waals surface area contributed by atoms with Gasteiger partial charge in [0.05, 0.1) is 5.56 Å². The molecule has 1 nitrogen and oxygen atoms in total. The summed E-state index contributed by atoms with van der Waals surface area (Å²) in [5.41, 5.74) is -0.738. The van der Waals surface area contributed by atoms with Crippen molar-refractivity contribution in [3.05, 3.63) is 35.1 Å². The Morgan fingerprint density at radius 2 is 2.00 bits per heavy atom. The molecule has 1 aliphatic rings. The van der Waals surface area contributed by atoms with E-state index in [1.54, 1.807) is 0 Å². The summed E-state index contributed by atoms with van der Waals surface area (Å²) in [5.74, 6) is -0.455. The zero-order valence-corrected chi connectivity index (χ0v) is 10.7. The Morgan fingerprint density at radius 1 is 1.32 bits per heavy atom. The van der Waals surface area contributed by atoms with E-state index in [1.165, 1.54) is 18.9 Å². The molecule has 1 N–H and O–H groups in total. The van der Waals surface area contributed by atoms with E-state index >= 15 is 0 Å². The lowest BCUT2D eigenvalue weighted by Gasteiger charge is -2.14. The van der Waals surface area contributed by atoms with Crippen LogP contribution in [0.2, 0.25) is 0 Å². The van der Waals surface area contributed by atoms with Crippen LogP contribution in [0.15, 0.2) is 18.2 Å². The second-order valence-electron chi connectivity index (χ2n) is 5.27. The van der Waals surface area contributed by atoms with Gasteiger partial charge in [0.15, 0.2) is 0 Å². The lowest BCUT2D eigenvalue weighted by molar-refractivity contribution is -0.140. The van der Waals surface area contributed by atoms with Gasteiger partial charge in [0.1, 0.15) is 5.82 Å². The third-order valence-corrected chi connectivity index (χ3v) is 3.37. The molecule has 0 saturated heterocycles. The highest BCUT2D eigenvalue weighted by atomic mass is 19.4. The molecule has 1 unspecified atom stereocenters. The van der Waals surface area contributed by atoms with Gasteiger partial charge in [-0.1, -0.05) is 18.9 Å². The average Bonchev–Trinajstić information content (AvgIpc) is 3.10. The van der Waals surface area contributed by atoms with Crippen LogP contribution in [0, 0.1) is 11.7 Å². The predicted molar refractivity (Wildman–Crippen MR) is 65.0 cm³/mol. The van der Waals surface area contributed by atoms with Crippen LogP contribution in [0.4, 0.5) is 17.6 Å². The smallest absolute Gasteiger partial charge is 0.310 e. The number of hydrogen-bond donors (Lipinski definition) is 1. The highest BCUT2D eigenvalue weighted by molar-refractivity contribution is 5.27. The van der Waals surface area contributed by atoms with Crippen molar-refractivity contribution in [1.82, 2.24) is 5.32 Å². The number of nitrogens with one attached hydrogen (secondary N) is 1. The summed E-state index contributed by atoms with van der Waals surface area (Å²) >= 11 is 0. The molecule has 1 aliphatic carbocycles. The van der Waals surface area contributed by atoms with Gasteiger partial charge in [0.25, 0.3) is 0 Å². The van der Waals surface area contributed by atoms with E-state index in [9.17, 15) is 17.6 Å². The fourth-order valence-corrected chi connectivity index (χ4v) is 2.13. The van der Waals surface area contributed by atoms with Gasteiger partial charge in [-0.3, -0.25) is 0 Å². The van der Waals surface area contributed by atoms with Crippen molar-refractivity contribution >= 4 is 0 Å². The third-order valence-electron chi connectivity index (χ3n) is 3.37. The maximum absolute atomic E-state index is 13.1. The van der Waals surface area contributed by atoms with E-state index < -0.39 is 17.6 Å². The van der Waals surface area contributed by atoms with Crippen LogP contribution in [-0.4, -0.2) is 6.04 Å². The minimum Gasteiger partial charge on any atom is -0.310 e. The van der Waals surface area contributed by atoms with Gasteiger partial charge in [-0.25, -0.2) is 4.39 Å². The van der Waals surface area contributed by atoms with Gasteiger partial charge >= 0.3 is 6.18 Å².